The summed E-state index contributed by atoms with van der Waals surface area (Å²) in [5.41, 5.74) is 2.47. The summed E-state index contributed by atoms with van der Waals surface area (Å²) in [6.07, 6.45) is -4.55. The fraction of sp³-hybridized carbons (Fsp3) is 0.194. The Morgan fingerprint density at radius 2 is 1.70 bits per heavy atom. The van der Waals surface area contributed by atoms with E-state index < -0.39 is 17.6 Å². The number of anilines is 3. The maximum atomic E-state index is 13.7. The lowest BCUT2D eigenvalue weighted by molar-refractivity contribution is -0.138. The molecule has 0 radical (unpaired) electrons. The molecule has 0 unspecified atom stereocenters. The quantitative estimate of drug-likeness (QED) is 0.256. The maximum absolute atomic E-state index is 13.7. The molecule has 0 aliphatic heterocycles. The Hall–Kier alpha value is -4.68. The molecule has 6 nitrogen and oxygen atoms in total. The second-order valence-corrected chi connectivity index (χ2v) is 9.23. The number of benzene rings is 3. The van der Waals surface area contributed by atoms with Gasteiger partial charge in [-0.05, 0) is 86.1 Å². The first-order valence-electron chi connectivity index (χ1n) is 12.6. The summed E-state index contributed by atoms with van der Waals surface area (Å²) in [5, 5.41) is 14.0. The number of rotatable bonds is 7. The van der Waals surface area contributed by atoms with Crippen molar-refractivity contribution in [3.05, 3.63) is 112 Å². The van der Waals surface area contributed by atoms with Crippen LogP contribution in [0.4, 0.5) is 30.4 Å². The van der Waals surface area contributed by atoms with Crippen LogP contribution in [0.3, 0.4) is 0 Å². The van der Waals surface area contributed by atoms with Gasteiger partial charge in [-0.25, -0.2) is 0 Å². The number of alkyl halides is 3. The van der Waals surface area contributed by atoms with Gasteiger partial charge >= 0.3 is 6.18 Å². The Kier molecular flexibility index (Phi) is 8.82. The molecule has 4 aromatic rings. The fourth-order valence-electron chi connectivity index (χ4n) is 3.83. The SMILES string of the molecule is CCN(C)Cc1ccc(NC(=O)c2ccc(C)c(C#Cc3ccc(Nc4ccccc4)nn3)c2)cc1C(F)(F)F. The van der Waals surface area contributed by atoms with Crippen molar-refractivity contribution in [1.29, 1.82) is 0 Å². The summed E-state index contributed by atoms with van der Waals surface area (Å²) in [5.74, 6) is 6.00. The van der Waals surface area contributed by atoms with E-state index in [1.807, 2.05) is 44.2 Å². The van der Waals surface area contributed by atoms with Gasteiger partial charge in [-0.15, -0.1) is 10.2 Å². The van der Waals surface area contributed by atoms with Crippen molar-refractivity contribution >= 4 is 23.1 Å². The smallest absolute Gasteiger partial charge is 0.339 e. The van der Waals surface area contributed by atoms with Crippen LogP contribution in [-0.4, -0.2) is 34.6 Å². The molecule has 3 aromatic carbocycles. The minimum atomic E-state index is -4.55. The molecule has 40 heavy (non-hydrogen) atoms. The molecule has 204 valence electrons. The zero-order valence-electron chi connectivity index (χ0n) is 22.3. The van der Waals surface area contributed by atoms with E-state index in [-0.39, 0.29) is 23.4 Å². The molecule has 0 saturated heterocycles. The summed E-state index contributed by atoms with van der Waals surface area (Å²) in [4.78, 5) is 14.7. The lowest BCUT2D eigenvalue weighted by atomic mass is 10.0. The minimum Gasteiger partial charge on any atom is -0.339 e. The van der Waals surface area contributed by atoms with Crippen LogP contribution >= 0.6 is 0 Å². The maximum Gasteiger partial charge on any atom is 0.416 e. The van der Waals surface area contributed by atoms with Crippen LogP contribution in [0.1, 0.15) is 45.2 Å². The van der Waals surface area contributed by atoms with Crippen molar-refractivity contribution < 1.29 is 18.0 Å². The first kappa shape index (κ1) is 28.3. The largest absolute Gasteiger partial charge is 0.416 e. The fourth-order valence-corrected chi connectivity index (χ4v) is 3.83. The molecule has 0 spiro atoms. The highest BCUT2D eigenvalue weighted by atomic mass is 19.4. The summed E-state index contributed by atoms with van der Waals surface area (Å²) >= 11 is 0. The molecule has 0 aliphatic carbocycles. The van der Waals surface area contributed by atoms with Gasteiger partial charge in [0, 0.05) is 29.0 Å². The van der Waals surface area contributed by atoms with Crippen LogP contribution in [0.25, 0.3) is 0 Å². The summed E-state index contributed by atoms with van der Waals surface area (Å²) < 4.78 is 41.2. The monoisotopic (exact) mass is 543 g/mol. The Labute approximate surface area is 231 Å². The number of halogens is 3. The first-order valence-corrected chi connectivity index (χ1v) is 12.6. The van der Waals surface area contributed by atoms with Gasteiger partial charge in [0.1, 0.15) is 5.69 Å². The molecule has 0 bridgehead atoms. The van der Waals surface area contributed by atoms with Crippen LogP contribution in [-0.2, 0) is 12.7 Å². The average Bonchev–Trinajstić information content (AvgIpc) is 2.94. The van der Waals surface area contributed by atoms with E-state index in [4.69, 9.17) is 0 Å². The molecule has 1 amide bonds. The van der Waals surface area contributed by atoms with Crippen molar-refractivity contribution in [2.45, 2.75) is 26.6 Å². The third kappa shape index (κ3) is 7.46. The first-order chi connectivity index (χ1) is 19.1. The van der Waals surface area contributed by atoms with Crippen LogP contribution in [0.5, 0.6) is 0 Å². The van der Waals surface area contributed by atoms with Gasteiger partial charge in [0.25, 0.3) is 5.91 Å². The summed E-state index contributed by atoms with van der Waals surface area (Å²) in [7, 11) is 1.75. The average molecular weight is 544 g/mol. The summed E-state index contributed by atoms with van der Waals surface area (Å²) in [6, 6.07) is 21.9. The molecule has 9 heteroatoms. The third-order valence-corrected chi connectivity index (χ3v) is 6.19. The van der Waals surface area contributed by atoms with E-state index in [2.05, 4.69) is 32.7 Å². The van der Waals surface area contributed by atoms with Crippen molar-refractivity contribution in [2.75, 3.05) is 24.2 Å². The molecular formula is C31H28F3N5O. The molecule has 0 aliphatic rings. The molecule has 2 N–H and O–H groups in total. The van der Waals surface area contributed by atoms with Gasteiger partial charge in [0.05, 0.1) is 5.56 Å². The Morgan fingerprint density at radius 3 is 2.38 bits per heavy atom. The predicted molar refractivity (Wildman–Crippen MR) is 150 cm³/mol. The van der Waals surface area contributed by atoms with Crippen molar-refractivity contribution in [3.63, 3.8) is 0 Å². The molecule has 4 rings (SSSR count). The molecule has 1 aromatic heterocycles. The van der Waals surface area contributed by atoms with E-state index in [1.165, 1.54) is 12.1 Å². The van der Waals surface area contributed by atoms with Gasteiger partial charge < -0.3 is 15.5 Å². The van der Waals surface area contributed by atoms with Gasteiger partial charge in [-0.1, -0.05) is 43.2 Å². The molecule has 0 fully saturated rings. The van der Waals surface area contributed by atoms with E-state index in [1.54, 1.807) is 42.3 Å². The van der Waals surface area contributed by atoms with Crippen LogP contribution < -0.4 is 10.6 Å². The van der Waals surface area contributed by atoms with Crippen LogP contribution in [0.15, 0.2) is 78.9 Å². The number of hydrogen-bond acceptors (Lipinski definition) is 5. The lowest BCUT2D eigenvalue weighted by Crippen LogP contribution is -2.20. The van der Waals surface area contributed by atoms with Crippen molar-refractivity contribution in [3.8, 4) is 11.8 Å². The molecular weight excluding hydrogens is 515 g/mol. The Bertz CT molecular complexity index is 1540. The number of nitrogens with one attached hydrogen (secondary N) is 2. The number of hydrogen-bond donors (Lipinski definition) is 2. The van der Waals surface area contributed by atoms with Crippen LogP contribution in [0, 0.1) is 18.8 Å². The second-order valence-electron chi connectivity index (χ2n) is 9.23. The Balaban J connectivity index is 1.49. The highest BCUT2D eigenvalue weighted by Gasteiger charge is 2.34. The Morgan fingerprint density at radius 1 is 0.925 bits per heavy atom. The number of nitrogens with zero attached hydrogens (tertiary/aromatic N) is 3. The summed E-state index contributed by atoms with van der Waals surface area (Å²) in [6.45, 7) is 4.48. The number of carbonyl (C=O) groups excluding carboxylic acids is 1. The number of carbonyl (C=O) groups is 1. The highest BCUT2D eigenvalue weighted by Crippen LogP contribution is 2.34. The number of amides is 1. The van der Waals surface area contributed by atoms with Gasteiger partial charge in [0.2, 0.25) is 0 Å². The van der Waals surface area contributed by atoms with Gasteiger partial charge in [-0.2, -0.15) is 13.2 Å². The second kappa shape index (κ2) is 12.5. The zero-order chi connectivity index (χ0) is 28.7. The van der Waals surface area contributed by atoms with Crippen molar-refractivity contribution in [2.24, 2.45) is 0 Å². The molecule has 0 saturated carbocycles. The number of aromatic nitrogens is 2. The van der Waals surface area contributed by atoms with E-state index in [0.717, 1.165) is 17.3 Å². The number of para-hydroxylation sites is 1. The van der Waals surface area contributed by atoms with E-state index >= 15 is 0 Å². The minimum absolute atomic E-state index is 0.0629. The lowest BCUT2D eigenvalue weighted by Gasteiger charge is -2.19. The van der Waals surface area contributed by atoms with Gasteiger partial charge in [0.15, 0.2) is 5.82 Å². The highest BCUT2D eigenvalue weighted by molar-refractivity contribution is 6.04. The predicted octanol–water partition coefficient (Wildman–Crippen LogP) is 6.65. The topological polar surface area (TPSA) is 70.2 Å². The van der Waals surface area contributed by atoms with E-state index in [0.29, 0.717) is 23.6 Å². The zero-order valence-corrected chi connectivity index (χ0v) is 22.3. The third-order valence-electron chi connectivity index (χ3n) is 6.19. The van der Waals surface area contributed by atoms with Crippen LogP contribution in [0.2, 0.25) is 0 Å². The normalized spacial score (nSPS) is 11.1. The van der Waals surface area contributed by atoms with Gasteiger partial charge in [-0.3, -0.25) is 4.79 Å². The van der Waals surface area contributed by atoms with E-state index in [9.17, 15) is 18.0 Å². The number of aryl methyl sites for hydroxylation is 1. The van der Waals surface area contributed by atoms with Crippen molar-refractivity contribution in [1.82, 2.24) is 15.1 Å². The standard InChI is InChI=1S/C31H28F3N5O/c1-4-39(3)20-24-13-15-27(19-28(24)31(32,33)34)36-30(40)23-11-10-21(2)22(18-23)12-14-26-16-17-29(38-37-26)35-25-8-6-5-7-9-25/h5-11,13,15-19H,4,20H2,1-3H3,(H,35,38)(H,36,40). The molecule has 1 heterocycles. The molecule has 0 atom stereocenters.